The van der Waals surface area contributed by atoms with Gasteiger partial charge in [0.1, 0.15) is 13.2 Å². The van der Waals surface area contributed by atoms with Crippen molar-refractivity contribution in [2.45, 2.75) is 37.6 Å². The van der Waals surface area contributed by atoms with Gasteiger partial charge in [0, 0.05) is 31.2 Å². The number of amides is 2. The van der Waals surface area contributed by atoms with E-state index in [4.69, 9.17) is 21.1 Å². The number of fused-ring (bicyclic) bond motifs is 1. The molecular weight excluding hydrogens is 466 g/mol. The number of hydrogen-bond donors (Lipinski definition) is 1. The van der Waals surface area contributed by atoms with E-state index in [2.05, 4.69) is 16.3 Å². The third kappa shape index (κ3) is 5.41. The van der Waals surface area contributed by atoms with E-state index in [0.29, 0.717) is 57.4 Å². The van der Waals surface area contributed by atoms with Crippen LogP contribution < -0.4 is 14.8 Å². The normalized spacial score (nSPS) is 19.4. The average molecular weight is 498 g/mol. The Balaban J connectivity index is 1.16. The van der Waals surface area contributed by atoms with E-state index in [9.17, 15) is 9.59 Å². The molecule has 2 fully saturated rings. The molecule has 0 radical (unpaired) electrons. The predicted molar refractivity (Wildman–Crippen MR) is 134 cm³/mol. The van der Waals surface area contributed by atoms with Gasteiger partial charge < -0.3 is 19.7 Å². The fourth-order valence-electron chi connectivity index (χ4n) is 5.39. The van der Waals surface area contributed by atoms with E-state index in [-0.39, 0.29) is 17.4 Å². The van der Waals surface area contributed by atoms with Gasteiger partial charge in [-0.1, -0.05) is 48.7 Å². The molecule has 0 unspecified atom stereocenters. The number of carbonyl (C=O) groups excluding carboxylic acids is 2. The van der Waals surface area contributed by atoms with E-state index < -0.39 is 0 Å². The number of piperazine rings is 1. The molecule has 35 heavy (non-hydrogen) atoms. The van der Waals surface area contributed by atoms with Gasteiger partial charge >= 0.3 is 0 Å². The third-order valence-corrected chi connectivity index (χ3v) is 7.69. The minimum Gasteiger partial charge on any atom is -0.486 e. The second-order valence-electron chi connectivity index (χ2n) is 9.62. The van der Waals surface area contributed by atoms with Gasteiger partial charge in [-0.3, -0.25) is 14.5 Å². The number of ether oxygens (including phenoxy) is 2. The Bertz CT molecular complexity index is 1080. The second-order valence-corrected chi connectivity index (χ2v) is 10.0. The van der Waals surface area contributed by atoms with E-state index in [1.54, 1.807) is 0 Å². The lowest BCUT2D eigenvalue weighted by Crippen LogP contribution is -2.53. The number of nitrogens with one attached hydrogen (secondary N) is 1. The van der Waals surface area contributed by atoms with Gasteiger partial charge in [0.15, 0.2) is 11.5 Å². The number of halogens is 1. The Kier molecular flexibility index (Phi) is 7.16. The first-order valence-electron chi connectivity index (χ1n) is 12.5. The molecule has 0 aromatic heterocycles. The third-order valence-electron chi connectivity index (χ3n) is 7.32. The van der Waals surface area contributed by atoms with Crippen molar-refractivity contribution in [3.8, 4) is 11.5 Å². The maximum atomic E-state index is 13.1. The monoisotopic (exact) mass is 497 g/mol. The topological polar surface area (TPSA) is 71.1 Å². The second kappa shape index (κ2) is 10.5. The summed E-state index contributed by atoms with van der Waals surface area (Å²) in [6, 6.07) is 13.5. The van der Waals surface area contributed by atoms with Gasteiger partial charge in [0.05, 0.1) is 18.5 Å². The Morgan fingerprint density at radius 1 is 0.943 bits per heavy atom. The molecule has 2 aliphatic heterocycles. The summed E-state index contributed by atoms with van der Waals surface area (Å²) in [4.78, 5) is 29.8. The lowest BCUT2D eigenvalue weighted by molar-refractivity contribution is -0.132. The number of hydrogen-bond acceptors (Lipinski definition) is 5. The molecule has 5 rings (SSSR count). The summed E-state index contributed by atoms with van der Waals surface area (Å²) in [6.45, 7) is 4.03. The lowest BCUT2D eigenvalue weighted by atomic mass is 9.87. The van der Waals surface area contributed by atoms with Crippen LogP contribution in [0.4, 0.5) is 0 Å². The van der Waals surface area contributed by atoms with Crippen LogP contribution in [-0.2, 0) is 21.5 Å². The maximum absolute atomic E-state index is 13.1. The van der Waals surface area contributed by atoms with Crippen LogP contribution in [0.2, 0.25) is 5.02 Å². The quantitative estimate of drug-likeness (QED) is 0.662. The zero-order valence-electron chi connectivity index (χ0n) is 19.9. The Morgan fingerprint density at radius 3 is 2.40 bits per heavy atom. The highest BCUT2D eigenvalue weighted by atomic mass is 35.5. The molecule has 2 aromatic carbocycles. The largest absolute Gasteiger partial charge is 0.486 e. The van der Waals surface area contributed by atoms with Crippen molar-refractivity contribution in [3.63, 3.8) is 0 Å². The van der Waals surface area contributed by atoms with Gasteiger partial charge in [-0.2, -0.15) is 0 Å². The highest BCUT2D eigenvalue weighted by Gasteiger charge is 2.38. The van der Waals surface area contributed by atoms with Crippen LogP contribution in [0.3, 0.4) is 0 Å². The smallest absolute Gasteiger partial charge is 0.234 e. The van der Waals surface area contributed by atoms with Crippen molar-refractivity contribution in [3.05, 3.63) is 58.6 Å². The Labute approximate surface area is 211 Å². The maximum Gasteiger partial charge on any atom is 0.234 e. The molecule has 8 heteroatoms. The molecule has 0 spiro atoms. The average Bonchev–Trinajstić information content (AvgIpc) is 3.35. The predicted octanol–water partition coefficient (Wildman–Crippen LogP) is 3.38. The van der Waals surface area contributed by atoms with Gasteiger partial charge in [-0.25, -0.2) is 0 Å². The van der Waals surface area contributed by atoms with Crippen molar-refractivity contribution in [1.82, 2.24) is 15.1 Å². The van der Waals surface area contributed by atoms with Crippen LogP contribution in [0.15, 0.2) is 42.5 Å². The van der Waals surface area contributed by atoms with E-state index in [1.165, 1.54) is 0 Å². The number of rotatable bonds is 6. The van der Waals surface area contributed by atoms with Crippen molar-refractivity contribution in [2.24, 2.45) is 0 Å². The number of benzene rings is 2. The fraction of sp³-hybridized carbons (Fsp3) is 0.481. The molecule has 1 N–H and O–H groups in total. The van der Waals surface area contributed by atoms with Gasteiger partial charge in [-0.15, -0.1) is 0 Å². The Hall–Kier alpha value is -2.77. The molecule has 1 saturated heterocycles. The molecule has 1 saturated carbocycles. The molecule has 2 heterocycles. The molecule has 7 nitrogen and oxygen atoms in total. The first-order chi connectivity index (χ1) is 17.0. The highest BCUT2D eigenvalue weighted by Crippen LogP contribution is 2.42. The van der Waals surface area contributed by atoms with Crippen molar-refractivity contribution in [2.75, 3.05) is 45.9 Å². The summed E-state index contributed by atoms with van der Waals surface area (Å²) in [5, 5.41) is 3.98. The van der Waals surface area contributed by atoms with Crippen LogP contribution in [0.25, 0.3) is 0 Å². The molecule has 2 aromatic rings. The number of nitrogens with zero attached hydrogens (tertiary/aromatic N) is 2. The van der Waals surface area contributed by atoms with Crippen LogP contribution >= 0.6 is 11.6 Å². The zero-order valence-corrected chi connectivity index (χ0v) is 20.7. The van der Waals surface area contributed by atoms with Crippen LogP contribution in [-0.4, -0.2) is 67.6 Å². The molecular formula is C27H32ClN3O4. The molecule has 186 valence electrons. The van der Waals surface area contributed by atoms with Gasteiger partial charge in [0.25, 0.3) is 0 Å². The zero-order chi connectivity index (χ0) is 24.3. The van der Waals surface area contributed by atoms with Crippen LogP contribution in [0, 0.1) is 0 Å². The molecule has 0 atom stereocenters. The summed E-state index contributed by atoms with van der Waals surface area (Å²) in [7, 11) is 0. The summed E-state index contributed by atoms with van der Waals surface area (Å²) in [6.07, 6.45) is 4.31. The summed E-state index contributed by atoms with van der Waals surface area (Å²) in [5.41, 5.74) is 1.57. The van der Waals surface area contributed by atoms with E-state index >= 15 is 0 Å². The minimum absolute atomic E-state index is 0.0256. The van der Waals surface area contributed by atoms with Crippen molar-refractivity contribution >= 4 is 23.4 Å². The lowest BCUT2D eigenvalue weighted by Gasteiger charge is -2.36. The van der Waals surface area contributed by atoms with Crippen LogP contribution in [0.5, 0.6) is 11.5 Å². The van der Waals surface area contributed by atoms with E-state index in [0.717, 1.165) is 48.3 Å². The van der Waals surface area contributed by atoms with Gasteiger partial charge in [-0.05, 0) is 42.2 Å². The molecule has 1 aliphatic carbocycles. The SMILES string of the molecule is O=C(CN1CCN(C(=O)Cc2ccccc2Cl)CC1)NC1(c2ccc3c(c2)OCCO3)CCCC1. The summed E-state index contributed by atoms with van der Waals surface area (Å²) < 4.78 is 11.4. The van der Waals surface area contributed by atoms with Crippen LogP contribution in [0.1, 0.15) is 36.8 Å². The Morgan fingerprint density at radius 2 is 1.66 bits per heavy atom. The fourth-order valence-corrected chi connectivity index (χ4v) is 5.59. The standard InChI is InChI=1S/C27H32ClN3O4/c28-22-6-2-1-5-20(22)17-26(33)31-13-11-30(12-14-31)19-25(32)29-27(9-3-4-10-27)21-7-8-23-24(18-21)35-16-15-34-23/h1-2,5-8,18H,3-4,9-17,19H2,(H,29,32). The molecule has 0 bridgehead atoms. The first kappa shape index (κ1) is 23.9. The number of carbonyl (C=O) groups is 2. The summed E-state index contributed by atoms with van der Waals surface area (Å²) >= 11 is 6.21. The van der Waals surface area contributed by atoms with E-state index in [1.807, 2.05) is 41.3 Å². The summed E-state index contributed by atoms with van der Waals surface area (Å²) in [5.74, 6) is 1.62. The van der Waals surface area contributed by atoms with Gasteiger partial charge in [0.2, 0.25) is 11.8 Å². The minimum atomic E-state index is -0.361. The first-order valence-corrected chi connectivity index (χ1v) is 12.8. The molecule has 2 amide bonds. The van der Waals surface area contributed by atoms with Crippen molar-refractivity contribution < 1.29 is 19.1 Å². The highest BCUT2D eigenvalue weighted by molar-refractivity contribution is 6.31. The molecule has 3 aliphatic rings. The van der Waals surface area contributed by atoms with Crippen molar-refractivity contribution in [1.29, 1.82) is 0 Å².